The van der Waals surface area contributed by atoms with Gasteiger partial charge in [0.1, 0.15) is 9.23 Å². The lowest BCUT2D eigenvalue weighted by molar-refractivity contribution is 0.300. The van der Waals surface area contributed by atoms with Crippen LogP contribution in [0.3, 0.4) is 0 Å². The monoisotopic (exact) mass is 328 g/mol. The number of sulfonamides is 1. The summed E-state index contributed by atoms with van der Waals surface area (Å²) in [6.45, 7) is 1.61. The average molecular weight is 329 g/mol. The molecule has 0 amide bonds. The number of hydrogen-bond donors (Lipinski definition) is 1. The number of nitrogens with one attached hydrogen (secondary N) is 1. The van der Waals surface area contributed by atoms with Gasteiger partial charge in [0.05, 0.1) is 4.34 Å². The standard InChI is InChI=1S/C10H14Cl2N2O2S2/c1-14(7-3-2-4-13-6-7)18(15,16)8-5-9(11)17-10(8)12/h5,7,13H,2-4,6H2,1H3. The van der Waals surface area contributed by atoms with Gasteiger partial charge in [-0.15, -0.1) is 11.3 Å². The van der Waals surface area contributed by atoms with Crippen molar-refractivity contribution in [3.05, 3.63) is 14.7 Å². The van der Waals surface area contributed by atoms with E-state index in [2.05, 4.69) is 5.32 Å². The molecule has 0 aliphatic carbocycles. The van der Waals surface area contributed by atoms with Crippen LogP contribution in [0.1, 0.15) is 12.8 Å². The van der Waals surface area contributed by atoms with E-state index in [-0.39, 0.29) is 15.3 Å². The van der Waals surface area contributed by atoms with E-state index in [1.807, 2.05) is 0 Å². The van der Waals surface area contributed by atoms with Crippen LogP contribution < -0.4 is 5.32 Å². The van der Waals surface area contributed by atoms with Gasteiger partial charge in [-0.1, -0.05) is 23.2 Å². The molecule has 2 rings (SSSR count). The average Bonchev–Trinajstić information content (AvgIpc) is 2.69. The minimum atomic E-state index is -3.56. The summed E-state index contributed by atoms with van der Waals surface area (Å²) in [4.78, 5) is 0.104. The van der Waals surface area contributed by atoms with Gasteiger partial charge >= 0.3 is 0 Å². The summed E-state index contributed by atoms with van der Waals surface area (Å²) in [5.74, 6) is 0. The Morgan fingerprint density at radius 1 is 1.50 bits per heavy atom. The predicted octanol–water partition coefficient (Wildman–Crippen LogP) is 2.43. The summed E-state index contributed by atoms with van der Waals surface area (Å²) in [6, 6.07) is 1.38. The summed E-state index contributed by atoms with van der Waals surface area (Å²) in [5, 5.41) is 3.20. The molecule has 1 aliphatic heterocycles. The Labute approximate surface area is 121 Å². The molecular weight excluding hydrogens is 315 g/mol. The Hall–Kier alpha value is 0.150. The molecule has 0 radical (unpaired) electrons. The molecule has 1 N–H and O–H groups in total. The maximum atomic E-state index is 12.4. The van der Waals surface area contributed by atoms with Gasteiger partial charge in [0.2, 0.25) is 10.0 Å². The van der Waals surface area contributed by atoms with Crippen molar-refractivity contribution in [2.75, 3.05) is 20.1 Å². The zero-order valence-electron chi connectivity index (χ0n) is 9.82. The highest BCUT2D eigenvalue weighted by Crippen LogP contribution is 2.36. The fourth-order valence-electron chi connectivity index (χ4n) is 2.00. The Morgan fingerprint density at radius 2 is 2.22 bits per heavy atom. The van der Waals surface area contributed by atoms with Crippen LogP contribution in [0.5, 0.6) is 0 Å². The second-order valence-corrected chi connectivity index (χ2v) is 8.46. The fraction of sp³-hybridized carbons (Fsp3) is 0.600. The molecule has 4 nitrogen and oxygen atoms in total. The van der Waals surface area contributed by atoms with Crippen LogP contribution in [-0.4, -0.2) is 38.9 Å². The SMILES string of the molecule is CN(C1CCCNC1)S(=O)(=O)c1cc(Cl)sc1Cl. The van der Waals surface area contributed by atoms with Crippen molar-refractivity contribution in [2.24, 2.45) is 0 Å². The zero-order chi connectivity index (χ0) is 13.3. The van der Waals surface area contributed by atoms with Crippen molar-refractivity contribution >= 4 is 44.6 Å². The summed E-state index contributed by atoms with van der Waals surface area (Å²) >= 11 is 12.8. The lowest BCUT2D eigenvalue weighted by atomic mass is 10.1. The Kier molecular flexibility index (Phi) is 4.57. The van der Waals surface area contributed by atoms with Gasteiger partial charge in [0, 0.05) is 19.6 Å². The van der Waals surface area contributed by atoms with E-state index in [0.29, 0.717) is 10.9 Å². The normalized spacial score (nSPS) is 21.4. The van der Waals surface area contributed by atoms with Crippen LogP contribution in [0.15, 0.2) is 11.0 Å². The smallest absolute Gasteiger partial charge is 0.245 e. The Balaban J connectivity index is 2.27. The number of nitrogens with zero attached hydrogens (tertiary/aromatic N) is 1. The van der Waals surface area contributed by atoms with E-state index < -0.39 is 10.0 Å². The van der Waals surface area contributed by atoms with Crippen LogP contribution in [0, 0.1) is 0 Å². The summed E-state index contributed by atoms with van der Waals surface area (Å²) in [5.41, 5.74) is 0. The topological polar surface area (TPSA) is 49.4 Å². The second kappa shape index (κ2) is 5.64. The van der Waals surface area contributed by atoms with Gasteiger partial charge in [-0.3, -0.25) is 0 Å². The lowest BCUT2D eigenvalue weighted by Gasteiger charge is -2.30. The first-order valence-electron chi connectivity index (χ1n) is 5.56. The molecule has 8 heteroatoms. The summed E-state index contributed by atoms with van der Waals surface area (Å²) in [6.07, 6.45) is 1.83. The van der Waals surface area contributed by atoms with E-state index in [4.69, 9.17) is 23.2 Å². The van der Waals surface area contributed by atoms with E-state index >= 15 is 0 Å². The largest absolute Gasteiger partial charge is 0.315 e. The van der Waals surface area contributed by atoms with E-state index in [9.17, 15) is 8.42 Å². The molecule has 0 spiro atoms. The van der Waals surface area contributed by atoms with Crippen LogP contribution in [0.4, 0.5) is 0 Å². The number of thiophene rings is 1. The van der Waals surface area contributed by atoms with Gasteiger partial charge in [-0.05, 0) is 25.5 Å². The molecular formula is C10H14Cl2N2O2S2. The molecule has 0 saturated carbocycles. The third-order valence-electron chi connectivity index (χ3n) is 3.07. The molecule has 2 heterocycles. The van der Waals surface area contributed by atoms with Crippen molar-refractivity contribution in [3.8, 4) is 0 Å². The van der Waals surface area contributed by atoms with Gasteiger partial charge in [-0.25, -0.2) is 8.42 Å². The van der Waals surface area contributed by atoms with Crippen LogP contribution >= 0.6 is 34.5 Å². The molecule has 1 aromatic heterocycles. The molecule has 102 valence electrons. The molecule has 1 aromatic rings. The van der Waals surface area contributed by atoms with Crippen molar-refractivity contribution in [2.45, 2.75) is 23.8 Å². The predicted molar refractivity (Wildman–Crippen MR) is 75.2 cm³/mol. The molecule has 18 heavy (non-hydrogen) atoms. The minimum Gasteiger partial charge on any atom is -0.315 e. The first-order chi connectivity index (χ1) is 8.43. The number of halogens is 2. The highest BCUT2D eigenvalue weighted by atomic mass is 35.5. The van der Waals surface area contributed by atoms with E-state index in [0.717, 1.165) is 30.7 Å². The van der Waals surface area contributed by atoms with Crippen molar-refractivity contribution < 1.29 is 8.42 Å². The third kappa shape index (κ3) is 2.84. The molecule has 0 aromatic carbocycles. The van der Waals surface area contributed by atoms with E-state index in [1.54, 1.807) is 7.05 Å². The maximum absolute atomic E-state index is 12.4. The molecule has 1 saturated heterocycles. The Morgan fingerprint density at radius 3 is 2.72 bits per heavy atom. The lowest BCUT2D eigenvalue weighted by Crippen LogP contribution is -2.46. The van der Waals surface area contributed by atoms with Crippen LogP contribution in [-0.2, 0) is 10.0 Å². The maximum Gasteiger partial charge on any atom is 0.245 e. The third-order valence-corrected chi connectivity index (χ3v) is 6.73. The van der Waals surface area contributed by atoms with Crippen LogP contribution in [0.2, 0.25) is 8.67 Å². The number of hydrogen-bond acceptors (Lipinski definition) is 4. The number of likely N-dealkylation sites (N-methyl/N-ethyl adjacent to an activating group) is 1. The molecule has 1 atom stereocenters. The van der Waals surface area contributed by atoms with Crippen LogP contribution in [0.25, 0.3) is 0 Å². The number of rotatable bonds is 3. The molecule has 1 unspecified atom stereocenters. The quantitative estimate of drug-likeness (QED) is 0.927. The minimum absolute atomic E-state index is 0.0292. The molecule has 1 fully saturated rings. The van der Waals surface area contributed by atoms with Gasteiger partial charge in [-0.2, -0.15) is 4.31 Å². The van der Waals surface area contributed by atoms with Gasteiger partial charge in [0.15, 0.2) is 0 Å². The first kappa shape index (κ1) is 14.6. The first-order valence-corrected chi connectivity index (χ1v) is 8.58. The van der Waals surface area contributed by atoms with Crippen molar-refractivity contribution in [1.29, 1.82) is 0 Å². The van der Waals surface area contributed by atoms with Gasteiger partial charge in [0.25, 0.3) is 0 Å². The molecule has 0 bridgehead atoms. The fourth-order valence-corrected chi connectivity index (χ4v) is 5.49. The highest BCUT2D eigenvalue weighted by molar-refractivity contribution is 7.89. The number of piperidine rings is 1. The summed E-state index contributed by atoms with van der Waals surface area (Å²) < 4.78 is 26.8. The highest BCUT2D eigenvalue weighted by Gasteiger charge is 2.31. The van der Waals surface area contributed by atoms with Crippen molar-refractivity contribution in [1.82, 2.24) is 9.62 Å². The summed E-state index contributed by atoms with van der Waals surface area (Å²) in [7, 11) is -1.97. The Bertz CT molecular complexity index is 524. The van der Waals surface area contributed by atoms with Gasteiger partial charge < -0.3 is 5.32 Å². The van der Waals surface area contributed by atoms with Crippen molar-refractivity contribution in [3.63, 3.8) is 0 Å². The van der Waals surface area contributed by atoms with E-state index in [1.165, 1.54) is 10.4 Å². The second-order valence-electron chi connectivity index (χ2n) is 4.21. The zero-order valence-corrected chi connectivity index (χ0v) is 13.0. The molecule has 1 aliphatic rings.